The number of ether oxygens (including phenoxy) is 1. The second-order valence-electron chi connectivity index (χ2n) is 27.4. The Balaban J connectivity index is 0.000000104. The number of benzene rings is 3. The zero-order chi connectivity index (χ0) is 60.9. The SMILES string of the molecule is CC[C@@]12C=C(c3nc(C)c(C#N)o3)n3c4c(c5ccccc53)CCN(CCC1)[C@H]42.CC[C@@]12C=C(c3nc(C)c(C(=O)OC)o3)n3c4c(c5ccccc53)CCN(CCC1)[C@H]42.CC[C@@]12C=C(c3nc4c(o3)CCCC4)n3c4c(c5ccccc53)CCN(CCC1)[C@H]42. The van der Waals surface area contributed by atoms with E-state index in [1.807, 2.05) is 6.92 Å². The highest BCUT2D eigenvalue weighted by molar-refractivity contribution is 5.94. The first kappa shape index (κ1) is 56.0. The quantitative estimate of drug-likeness (QED) is 0.140. The number of hydrogen-bond donors (Lipinski definition) is 0. The molecule has 15 nitrogen and oxygen atoms in total. The topological polar surface area (TPSA) is 153 Å². The molecule has 15 heteroatoms. The lowest BCUT2D eigenvalue weighted by Crippen LogP contribution is -2.50. The number of piperidine rings is 3. The van der Waals surface area contributed by atoms with Gasteiger partial charge in [-0.3, -0.25) is 14.7 Å². The van der Waals surface area contributed by atoms with Crippen molar-refractivity contribution in [3.63, 3.8) is 0 Å². The standard InChI is InChI=1S/C26H29N3O.C25H27N3O3.C24H24N4O/c1-2-26-13-7-14-28-15-12-18-17-8-3-5-10-20(17)29(23(18)24(26)28)21(16-26)25-27-19-9-4-6-11-22(19)30-25;1-4-25-11-7-12-27-13-10-17-16-8-5-6-9-18(16)28(20(17)22(25)27)19(14-25)23-26-15(2)21(31-23)24(29)30-3;1-3-24-10-6-11-27-12-9-17-16-7-4-5-8-18(16)28(21(17)22(24)27)19(13-24)23-26-15(2)20(14-25)29-23/h3,5,8,10,16,24H,2,4,6-7,9,11-15H2,1H3;5-6,8-9,14,22H,4,7,10-13H2,1-3H3;4-5,7-8,13,22H,3,6,9-12H2,1-2H3/t24-,26+;22-,25+;22-,24+/m111/s1. The highest BCUT2D eigenvalue weighted by atomic mass is 16.5. The van der Waals surface area contributed by atoms with E-state index >= 15 is 0 Å². The molecule has 0 saturated carbocycles. The van der Waals surface area contributed by atoms with Crippen LogP contribution in [-0.4, -0.2) is 95.7 Å². The summed E-state index contributed by atoms with van der Waals surface area (Å²) < 4.78 is 30.6. The van der Waals surface area contributed by atoms with E-state index in [1.54, 1.807) is 12.5 Å². The van der Waals surface area contributed by atoms with Gasteiger partial charge in [0.2, 0.25) is 29.2 Å². The number of carbonyl (C=O) groups excluding carboxylic acids is 1. The monoisotopic (exact) mass is 1200 g/mol. The number of oxazole rings is 3. The van der Waals surface area contributed by atoms with Crippen molar-refractivity contribution in [1.29, 1.82) is 5.26 Å². The molecule has 3 saturated heterocycles. The van der Waals surface area contributed by atoms with Crippen LogP contribution in [0.25, 0.3) is 49.8 Å². The maximum atomic E-state index is 12.2. The van der Waals surface area contributed by atoms with Crippen molar-refractivity contribution in [2.45, 2.75) is 155 Å². The Morgan fingerprint density at radius 1 is 0.533 bits per heavy atom. The van der Waals surface area contributed by atoms with Crippen LogP contribution < -0.4 is 0 Å². The third-order valence-corrected chi connectivity index (χ3v) is 23.3. The lowest BCUT2D eigenvalue weighted by Gasteiger charge is -2.53. The minimum atomic E-state index is -0.487. The van der Waals surface area contributed by atoms with Gasteiger partial charge in [-0.15, -0.1) is 0 Å². The fourth-order valence-corrected chi connectivity index (χ4v) is 19.2. The summed E-state index contributed by atoms with van der Waals surface area (Å²) in [4.78, 5) is 34.8. The van der Waals surface area contributed by atoms with Crippen molar-refractivity contribution in [2.75, 3.05) is 46.4 Å². The van der Waals surface area contributed by atoms with E-state index in [1.165, 1.54) is 150 Å². The molecule has 0 amide bonds. The second kappa shape index (κ2) is 21.0. The number of para-hydroxylation sites is 3. The zero-order valence-corrected chi connectivity index (χ0v) is 53.0. The number of aromatic nitrogens is 6. The Labute approximate surface area is 525 Å². The predicted molar refractivity (Wildman–Crippen MR) is 348 cm³/mol. The van der Waals surface area contributed by atoms with E-state index in [2.05, 4.69) is 156 Å². The van der Waals surface area contributed by atoms with Crippen LogP contribution in [-0.2, 0) is 36.8 Å². The van der Waals surface area contributed by atoms with Crippen LogP contribution in [0.2, 0.25) is 0 Å². The molecular formula is C75H80N10O5. The average molecular weight is 1200 g/mol. The van der Waals surface area contributed by atoms with E-state index in [0.717, 1.165) is 94.0 Å². The molecule has 9 aliphatic heterocycles. The summed E-state index contributed by atoms with van der Waals surface area (Å²) in [6, 6.07) is 29.7. The van der Waals surface area contributed by atoms with E-state index in [0.29, 0.717) is 47.1 Å². The molecule has 3 fully saturated rings. The van der Waals surface area contributed by atoms with Crippen LogP contribution >= 0.6 is 0 Å². The Morgan fingerprint density at radius 2 is 0.944 bits per heavy atom. The molecular weight excluding hydrogens is 1120 g/mol. The largest absolute Gasteiger partial charge is 0.463 e. The van der Waals surface area contributed by atoms with E-state index in [-0.39, 0.29) is 22.0 Å². The number of aryl methyl sites for hydroxylation is 4. The minimum absolute atomic E-state index is 0.0426. The van der Waals surface area contributed by atoms with Crippen molar-refractivity contribution in [3.8, 4) is 6.07 Å². The molecule has 15 heterocycles. The summed E-state index contributed by atoms with van der Waals surface area (Å²) in [5.74, 6) is 3.04. The van der Waals surface area contributed by atoms with Gasteiger partial charge in [0.25, 0.3) is 0 Å². The van der Waals surface area contributed by atoms with Gasteiger partial charge in [-0.25, -0.2) is 19.7 Å². The molecule has 9 aromatic rings. The molecule has 0 spiro atoms. The van der Waals surface area contributed by atoms with Gasteiger partial charge in [0.1, 0.15) is 28.9 Å². The number of rotatable bonds is 7. The number of methoxy groups -OCH3 is 1. The van der Waals surface area contributed by atoms with Gasteiger partial charge in [-0.1, -0.05) is 75.4 Å². The second-order valence-corrected chi connectivity index (χ2v) is 27.4. The first-order chi connectivity index (χ1) is 44.0. The fourth-order valence-electron chi connectivity index (χ4n) is 19.2. The summed E-state index contributed by atoms with van der Waals surface area (Å²) in [5.41, 5.74) is 18.5. The highest BCUT2D eigenvalue weighted by Crippen LogP contribution is 2.61. The van der Waals surface area contributed by atoms with Gasteiger partial charge >= 0.3 is 5.97 Å². The molecule has 0 bridgehead atoms. The summed E-state index contributed by atoms with van der Waals surface area (Å²) >= 11 is 0. The Hall–Kier alpha value is -8.03. The molecule has 0 radical (unpaired) electrons. The van der Waals surface area contributed by atoms with Crippen LogP contribution in [0.5, 0.6) is 0 Å². The normalized spacial score (nSPS) is 26.0. The number of nitrogens with zero attached hydrogens (tertiary/aromatic N) is 10. The van der Waals surface area contributed by atoms with Gasteiger partial charge in [0.15, 0.2) is 0 Å². The zero-order valence-electron chi connectivity index (χ0n) is 53.0. The lowest BCUT2D eigenvalue weighted by molar-refractivity contribution is 0.0269. The molecule has 3 aromatic carbocycles. The summed E-state index contributed by atoms with van der Waals surface area (Å²) in [6.45, 7) is 17.6. The molecule has 90 heavy (non-hydrogen) atoms. The molecule has 6 aromatic heterocycles. The van der Waals surface area contributed by atoms with E-state index in [4.69, 9.17) is 23.0 Å². The molecule has 0 N–H and O–H groups in total. The maximum absolute atomic E-state index is 12.2. The molecule has 0 unspecified atom stereocenters. The van der Waals surface area contributed by atoms with Gasteiger partial charge in [0.05, 0.1) is 58.9 Å². The minimum Gasteiger partial charge on any atom is -0.463 e. The van der Waals surface area contributed by atoms with Gasteiger partial charge < -0.3 is 31.7 Å². The van der Waals surface area contributed by atoms with Crippen molar-refractivity contribution in [1.82, 2.24) is 43.4 Å². The molecule has 19 rings (SSSR count). The Bertz CT molecular complexity index is 4560. The first-order valence-electron chi connectivity index (χ1n) is 33.7. The van der Waals surface area contributed by atoms with Crippen LogP contribution in [0.15, 0.2) is 104 Å². The Morgan fingerprint density at radius 3 is 1.36 bits per heavy atom. The van der Waals surface area contributed by atoms with Crippen molar-refractivity contribution >= 4 is 55.8 Å². The number of carbonyl (C=O) groups is 1. The van der Waals surface area contributed by atoms with Crippen molar-refractivity contribution < 1.29 is 22.8 Å². The maximum Gasteiger partial charge on any atom is 0.375 e. The smallest absolute Gasteiger partial charge is 0.375 e. The van der Waals surface area contributed by atoms with E-state index < -0.39 is 5.97 Å². The number of fused-ring (bicyclic) bond motifs is 10. The van der Waals surface area contributed by atoms with Crippen molar-refractivity contribution in [2.24, 2.45) is 16.2 Å². The number of nitriles is 1. The molecule has 10 aliphatic rings. The van der Waals surface area contributed by atoms with E-state index in [9.17, 15) is 10.1 Å². The summed E-state index contributed by atoms with van der Waals surface area (Å²) in [6.07, 6.45) is 25.8. The molecule has 6 atom stereocenters. The first-order valence-corrected chi connectivity index (χ1v) is 33.7. The summed E-state index contributed by atoms with van der Waals surface area (Å²) in [5, 5.41) is 13.5. The van der Waals surface area contributed by atoms with Gasteiger partial charge in [-0.05, 0) is 183 Å². The third-order valence-electron chi connectivity index (χ3n) is 23.3. The highest BCUT2D eigenvalue weighted by Gasteiger charge is 2.54. The molecule has 460 valence electrons. The van der Waals surface area contributed by atoms with Gasteiger partial charge in [-0.2, -0.15) is 5.26 Å². The predicted octanol–water partition coefficient (Wildman–Crippen LogP) is 15.0. The Kier molecular flexibility index (Phi) is 13.1. The van der Waals surface area contributed by atoms with Gasteiger partial charge in [0, 0.05) is 75.5 Å². The van der Waals surface area contributed by atoms with Crippen LogP contribution in [0.3, 0.4) is 0 Å². The third kappa shape index (κ3) is 7.98. The van der Waals surface area contributed by atoms with Crippen LogP contribution in [0.1, 0.15) is 200 Å². The number of hydrogen-bond acceptors (Lipinski definition) is 12. The average Bonchev–Trinajstić information content (AvgIpc) is 1.50. The lowest BCUT2D eigenvalue weighted by atomic mass is 9.66. The van der Waals surface area contributed by atoms with Crippen molar-refractivity contribution in [3.05, 3.63) is 177 Å². The van der Waals surface area contributed by atoms with Crippen LogP contribution in [0, 0.1) is 41.4 Å². The van der Waals surface area contributed by atoms with Crippen LogP contribution in [0.4, 0.5) is 0 Å². The molecule has 1 aliphatic carbocycles. The number of esters is 1. The fraction of sp³-hybridized carbons (Fsp3) is 0.453. The summed E-state index contributed by atoms with van der Waals surface area (Å²) in [7, 11) is 1.37.